The highest BCUT2D eigenvalue weighted by atomic mass is 79.9. The number of alkyl halides is 1. The first kappa shape index (κ1) is 14.3. The minimum atomic E-state index is -0.517. The van der Waals surface area contributed by atoms with Gasteiger partial charge < -0.3 is 4.74 Å². The molecule has 2 aromatic carbocycles. The van der Waals surface area contributed by atoms with Crippen molar-refractivity contribution in [1.82, 2.24) is 0 Å². The summed E-state index contributed by atoms with van der Waals surface area (Å²) < 4.78 is 32.3. The van der Waals surface area contributed by atoms with Crippen molar-refractivity contribution in [3.63, 3.8) is 0 Å². The lowest BCUT2D eigenvalue weighted by Crippen LogP contribution is -2.00. The first-order valence-corrected chi connectivity index (χ1v) is 7.02. The van der Waals surface area contributed by atoms with E-state index in [-0.39, 0.29) is 17.4 Å². The monoisotopic (exact) mass is 346 g/mol. The Morgan fingerprint density at radius 2 is 1.89 bits per heavy atom. The van der Waals surface area contributed by atoms with Crippen LogP contribution in [0.2, 0.25) is 5.02 Å². The Bertz CT molecular complexity index is 590. The van der Waals surface area contributed by atoms with Gasteiger partial charge in [-0.1, -0.05) is 45.7 Å². The molecule has 0 aliphatic carbocycles. The lowest BCUT2D eigenvalue weighted by Gasteiger charge is -2.11. The minimum Gasteiger partial charge on any atom is -0.486 e. The highest BCUT2D eigenvalue weighted by Gasteiger charge is 2.09. The van der Waals surface area contributed by atoms with E-state index in [1.165, 1.54) is 18.2 Å². The van der Waals surface area contributed by atoms with E-state index in [1.54, 1.807) is 18.2 Å². The first-order valence-electron chi connectivity index (χ1n) is 5.52. The van der Waals surface area contributed by atoms with Crippen LogP contribution in [-0.4, -0.2) is 0 Å². The topological polar surface area (TPSA) is 9.23 Å². The zero-order valence-electron chi connectivity index (χ0n) is 9.80. The maximum absolute atomic E-state index is 13.6. The van der Waals surface area contributed by atoms with Gasteiger partial charge in [-0.2, -0.15) is 0 Å². The Labute approximate surface area is 123 Å². The Morgan fingerprint density at radius 3 is 2.58 bits per heavy atom. The van der Waals surface area contributed by atoms with E-state index in [2.05, 4.69) is 15.9 Å². The predicted octanol–water partition coefficient (Wildman–Crippen LogP) is 5.09. The van der Waals surface area contributed by atoms with E-state index in [4.69, 9.17) is 16.3 Å². The highest BCUT2D eigenvalue weighted by Crippen LogP contribution is 2.26. The van der Waals surface area contributed by atoms with Crippen molar-refractivity contribution >= 4 is 27.5 Å². The molecule has 0 unspecified atom stereocenters. The molecule has 0 heterocycles. The van der Waals surface area contributed by atoms with Crippen molar-refractivity contribution < 1.29 is 13.5 Å². The van der Waals surface area contributed by atoms with E-state index in [1.807, 2.05) is 0 Å². The van der Waals surface area contributed by atoms with Crippen LogP contribution in [0.5, 0.6) is 5.75 Å². The molecule has 0 aliphatic heterocycles. The van der Waals surface area contributed by atoms with Crippen molar-refractivity contribution in [2.24, 2.45) is 0 Å². The first-order chi connectivity index (χ1) is 9.11. The third kappa shape index (κ3) is 3.45. The summed E-state index contributed by atoms with van der Waals surface area (Å²) in [7, 11) is 0. The van der Waals surface area contributed by atoms with Crippen LogP contribution < -0.4 is 4.74 Å². The van der Waals surface area contributed by atoms with Crippen molar-refractivity contribution in [3.05, 3.63) is 64.2 Å². The minimum absolute atomic E-state index is 0.0517. The Kier molecular flexibility index (Phi) is 4.77. The van der Waals surface area contributed by atoms with Crippen LogP contribution in [0, 0.1) is 11.6 Å². The van der Waals surface area contributed by atoms with Crippen LogP contribution in [0.3, 0.4) is 0 Å². The lowest BCUT2D eigenvalue weighted by molar-refractivity contribution is 0.287. The summed E-state index contributed by atoms with van der Waals surface area (Å²) in [5.41, 5.74) is 1.29. The van der Waals surface area contributed by atoms with Crippen molar-refractivity contribution in [2.45, 2.75) is 11.9 Å². The summed E-state index contributed by atoms with van der Waals surface area (Å²) in [6, 6.07) is 9.06. The molecule has 1 nitrogen and oxygen atoms in total. The number of para-hydroxylation sites is 1. The van der Waals surface area contributed by atoms with Gasteiger partial charge in [-0.05, 0) is 23.8 Å². The van der Waals surface area contributed by atoms with Gasteiger partial charge in [0.25, 0.3) is 0 Å². The molecule has 0 N–H and O–H groups in total. The number of hydrogen-bond acceptors (Lipinski definition) is 1. The van der Waals surface area contributed by atoms with Gasteiger partial charge in [0.2, 0.25) is 0 Å². The molecule has 0 aromatic heterocycles. The molecular formula is C14H10BrClF2O. The fourth-order valence-corrected chi connectivity index (χ4v) is 2.16. The summed E-state index contributed by atoms with van der Waals surface area (Å²) in [5.74, 6) is -0.780. The van der Waals surface area contributed by atoms with Gasteiger partial charge in [-0.25, -0.2) is 8.78 Å². The third-order valence-corrected chi connectivity index (χ3v) is 3.47. The van der Waals surface area contributed by atoms with Crippen molar-refractivity contribution in [3.8, 4) is 5.75 Å². The second-order valence-electron chi connectivity index (χ2n) is 3.90. The predicted molar refractivity (Wildman–Crippen MR) is 74.8 cm³/mol. The summed E-state index contributed by atoms with van der Waals surface area (Å²) in [6.45, 7) is 0.0784. The molecule has 0 bridgehead atoms. The number of benzene rings is 2. The molecule has 2 rings (SSSR count). The zero-order chi connectivity index (χ0) is 13.8. The molecule has 0 fully saturated rings. The average Bonchev–Trinajstić information content (AvgIpc) is 2.41. The highest BCUT2D eigenvalue weighted by molar-refractivity contribution is 9.08. The van der Waals surface area contributed by atoms with Crippen LogP contribution in [0.15, 0.2) is 36.4 Å². The van der Waals surface area contributed by atoms with Crippen LogP contribution in [-0.2, 0) is 11.9 Å². The van der Waals surface area contributed by atoms with E-state index >= 15 is 0 Å². The molecule has 100 valence electrons. The smallest absolute Gasteiger partial charge is 0.165 e. The number of hydrogen-bond donors (Lipinski definition) is 0. The second-order valence-corrected chi connectivity index (χ2v) is 4.87. The Balaban J connectivity index is 2.16. The van der Waals surface area contributed by atoms with Gasteiger partial charge in [-0.15, -0.1) is 0 Å². The SMILES string of the molecule is Fc1cc(COc2c(F)cccc2CBr)ccc1Cl. The molecule has 0 amide bonds. The van der Waals surface area contributed by atoms with Crippen LogP contribution in [0.4, 0.5) is 8.78 Å². The third-order valence-electron chi connectivity index (χ3n) is 2.56. The summed E-state index contributed by atoms with van der Waals surface area (Å²) in [6.07, 6.45) is 0. The van der Waals surface area contributed by atoms with Gasteiger partial charge in [-0.3, -0.25) is 0 Å². The maximum atomic E-state index is 13.6. The summed E-state index contributed by atoms with van der Waals surface area (Å²) in [5, 5.41) is 0.533. The summed E-state index contributed by atoms with van der Waals surface area (Å²) >= 11 is 8.85. The quantitative estimate of drug-likeness (QED) is 0.700. The molecule has 0 aliphatic rings. The molecule has 5 heteroatoms. The van der Waals surface area contributed by atoms with E-state index in [0.717, 1.165) is 0 Å². The summed E-state index contributed by atoms with van der Waals surface area (Å²) in [4.78, 5) is 0. The van der Waals surface area contributed by atoms with Gasteiger partial charge in [0.1, 0.15) is 12.4 Å². The molecule has 0 saturated carbocycles. The van der Waals surface area contributed by atoms with Gasteiger partial charge in [0.05, 0.1) is 5.02 Å². The van der Waals surface area contributed by atoms with Crippen molar-refractivity contribution in [2.75, 3.05) is 0 Å². The van der Waals surface area contributed by atoms with Crippen molar-refractivity contribution in [1.29, 1.82) is 0 Å². The van der Waals surface area contributed by atoms with Gasteiger partial charge in [0.15, 0.2) is 11.6 Å². The Hall–Kier alpha value is -1.13. The number of ether oxygens (including phenoxy) is 1. The molecule has 0 atom stereocenters. The van der Waals surface area contributed by atoms with Crippen LogP contribution >= 0.6 is 27.5 Å². The van der Waals surface area contributed by atoms with E-state index in [9.17, 15) is 8.78 Å². The molecule has 2 aromatic rings. The van der Waals surface area contributed by atoms with Crippen LogP contribution in [0.25, 0.3) is 0 Å². The maximum Gasteiger partial charge on any atom is 0.165 e. The standard InChI is InChI=1S/C14H10BrClF2O/c15-7-10-2-1-3-12(17)14(10)19-8-9-4-5-11(16)13(18)6-9/h1-6H,7-8H2. The lowest BCUT2D eigenvalue weighted by atomic mass is 10.2. The molecule has 19 heavy (non-hydrogen) atoms. The Morgan fingerprint density at radius 1 is 1.11 bits per heavy atom. The van der Waals surface area contributed by atoms with Gasteiger partial charge in [0, 0.05) is 10.9 Å². The molecule has 0 radical (unpaired) electrons. The van der Waals surface area contributed by atoms with Crippen LogP contribution in [0.1, 0.15) is 11.1 Å². The largest absolute Gasteiger partial charge is 0.486 e. The number of rotatable bonds is 4. The molecular weight excluding hydrogens is 338 g/mol. The molecule has 0 spiro atoms. The van der Waals surface area contributed by atoms with Gasteiger partial charge >= 0.3 is 0 Å². The fraction of sp³-hybridized carbons (Fsp3) is 0.143. The second kappa shape index (κ2) is 6.35. The average molecular weight is 348 g/mol. The zero-order valence-corrected chi connectivity index (χ0v) is 12.1. The normalized spacial score (nSPS) is 10.5. The van der Waals surface area contributed by atoms with E-state index < -0.39 is 11.6 Å². The molecule has 0 saturated heterocycles. The van der Waals surface area contributed by atoms with E-state index in [0.29, 0.717) is 16.5 Å². The number of halogens is 4. The fourth-order valence-electron chi connectivity index (χ4n) is 1.61.